The third-order valence-electron chi connectivity index (χ3n) is 5.15. The van der Waals surface area contributed by atoms with E-state index >= 15 is 0 Å². The van der Waals surface area contributed by atoms with Gasteiger partial charge in [-0.1, -0.05) is 13.0 Å². The lowest BCUT2D eigenvalue weighted by atomic mass is 9.96. The molecule has 1 aromatic carbocycles. The number of hydrogen-bond acceptors (Lipinski definition) is 6. The van der Waals surface area contributed by atoms with Crippen molar-refractivity contribution in [2.24, 2.45) is 0 Å². The first-order valence-electron chi connectivity index (χ1n) is 10.5. The Bertz CT molecular complexity index is 939. The summed E-state index contributed by atoms with van der Waals surface area (Å²) in [5.41, 5.74) is 1.24. The lowest BCUT2D eigenvalue weighted by Gasteiger charge is -2.25. The number of hydrogen-bond donors (Lipinski definition) is 1. The van der Waals surface area contributed by atoms with Crippen molar-refractivity contribution >= 4 is 17.4 Å². The summed E-state index contributed by atoms with van der Waals surface area (Å²) in [6, 6.07) is 9.78. The van der Waals surface area contributed by atoms with Crippen LogP contribution < -0.4 is 4.74 Å². The highest BCUT2D eigenvalue weighted by Crippen LogP contribution is 2.39. The lowest BCUT2D eigenvalue weighted by molar-refractivity contribution is -0.139. The smallest absolute Gasteiger partial charge is 0.295 e. The second-order valence-corrected chi connectivity index (χ2v) is 7.81. The molecule has 7 heteroatoms. The maximum Gasteiger partial charge on any atom is 0.295 e. The Morgan fingerprint density at radius 3 is 2.55 bits per heavy atom. The largest absolute Gasteiger partial charge is 0.507 e. The normalized spacial score (nSPS) is 18.1. The van der Waals surface area contributed by atoms with E-state index < -0.39 is 17.7 Å². The molecule has 1 aromatic heterocycles. The number of rotatable bonds is 9. The number of benzene rings is 1. The molecule has 1 aliphatic heterocycles. The summed E-state index contributed by atoms with van der Waals surface area (Å²) < 4.78 is 5.59. The monoisotopic (exact) mass is 423 g/mol. The molecule has 0 saturated carbocycles. The fraction of sp³-hybridized carbons (Fsp3) is 0.375. The number of aromatic nitrogens is 1. The second kappa shape index (κ2) is 10.2. The van der Waals surface area contributed by atoms with Gasteiger partial charge in [-0.15, -0.1) is 0 Å². The average molecular weight is 424 g/mol. The average Bonchev–Trinajstić information content (AvgIpc) is 3.03. The molecule has 0 aliphatic carbocycles. The van der Waals surface area contributed by atoms with Crippen LogP contribution >= 0.6 is 0 Å². The van der Waals surface area contributed by atoms with Crippen LogP contribution in [0.25, 0.3) is 5.76 Å². The zero-order valence-electron chi connectivity index (χ0n) is 18.2. The van der Waals surface area contributed by atoms with Crippen LogP contribution in [0.3, 0.4) is 0 Å². The van der Waals surface area contributed by atoms with Crippen LogP contribution in [0.1, 0.15) is 36.9 Å². The first-order chi connectivity index (χ1) is 14.9. The van der Waals surface area contributed by atoms with Gasteiger partial charge in [0.2, 0.25) is 0 Å². The van der Waals surface area contributed by atoms with Gasteiger partial charge in [-0.05, 0) is 69.4 Å². The van der Waals surface area contributed by atoms with Crippen LogP contribution in [-0.4, -0.2) is 65.4 Å². The summed E-state index contributed by atoms with van der Waals surface area (Å²) in [6.07, 6.45) is 4.87. The number of pyridine rings is 1. The molecule has 7 nitrogen and oxygen atoms in total. The van der Waals surface area contributed by atoms with Crippen molar-refractivity contribution in [3.63, 3.8) is 0 Å². The molecule has 2 aromatic rings. The van der Waals surface area contributed by atoms with E-state index in [1.807, 2.05) is 32.0 Å². The molecule has 1 atom stereocenters. The van der Waals surface area contributed by atoms with Crippen molar-refractivity contribution in [1.82, 2.24) is 14.8 Å². The number of aliphatic hydroxyl groups is 1. The van der Waals surface area contributed by atoms with E-state index in [0.29, 0.717) is 36.4 Å². The van der Waals surface area contributed by atoms with Crippen LogP contribution in [-0.2, 0) is 9.59 Å². The Balaban J connectivity index is 1.99. The van der Waals surface area contributed by atoms with Gasteiger partial charge in [-0.2, -0.15) is 0 Å². The molecule has 0 radical (unpaired) electrons. The second-order valence-electron chi connectivity index (χ2n) is 7.81. The standard InChI is InChI=1S/C24H29N3O4/c1-4-15-31-19-10-8-17(9-11-19)22(28)20-21(18-7-5-12-25-16-18)27(24(30)23(20)29)14-6-13-26(2)3/h5,7-12,16,21,28H,4,6,13-15H2,1-3H3/b22-20+/t21-/m1/s1. The minimum Gasteiger partial charge on any atom is -0.507 e. The quantitative estimate of drug-likeness (QED) is 0.379. The zero-order valence-corrected chi connectivity index (χ0v) is 18.2. The van der Waals surface area contributed by atoms with E-state index in [-0.39, 0.29) is 11.3 Å². The van der Waals surface area contributed by atoms with Crippen molar-refractivity contribution in [3.8, 4) is 5.75 Å². The lowest BCUT2D eigenvalue weighted by Crippen LogP contribution is -2.32. The van der Waals surface area contributed by atoms with Crippen molar-refractivity contribution in [2.75, 3.05) is 33.8 Å². The van der Waals surface area contributed by atoms with Gasteiger partial charge in [0.15, 0.2) is 0 Å². The SMILES string of the molecule is CCCOc1ccc(/C(O)=C2\C(=O)C(=O)N(CCCN(C)C)[C@@H]2c2cccnc2)cc1. The maximum absolute atomic E-state index is 13.0. The molecule has 3 rings (SSSR count). The van der Waals surface area contributed by atoms with E-state index in [0.717, 1.165) is 13.0 Å². The Morgan fingerprint density at radius 2 is 1.94 bits per heavy atom. The van der Waals surface area contributed by atoms with E-state index in [4.69, 9.17) is 4.74 Å². The summed E-state index contributed by atoms with van der Waals surface area (Å²) in [5, 5.41) is 11.0. The highest BCUT2D eigenvalue weighted by Gasteiger charge is 2.45. The van der Waals surface area contributed by atoms with Crippen LogP contribution in [0.4, 0.5) is 0 Å². The van der Waals surface area contributed by atoms with Crippen molar-refractivity contribution in [1.29, 1.82) is 0 Å². The van der Waals surface area contributed by atoms with Gasteiger partial charge in [-0.25, -0.2) is 0 Å². The van der Waals surface area contributed by atoms with E-state index in [2.05, 4.69) is 4.98 Å². The summed E-state index contributed by atoms with van der Waals surface area (Å²) >= 11 is 0. The molecular weight excluding hydrogens is 394 g/mol. The fourth-order valence-corrected chi connectivity index (χ4v) is 3.64. The molecule has 1 fully saturated rings. The van der Waals surface area contributed by atoms with Gasteiger partial charge < -0.3 is 19.6 Å². The van der Waals surface area contributed by atoms with Crippen molar-refractivity contribution in [2.45, 2.75) is 25.8 Å². The number of amides is 1. The molecule has 1 aliphatic rings. The predicted molar refractivity (Wildman–Crippen MR) is 119 cm³/mol. The molecule has 1 N–H and O–H groups in total. The van der Waals surface area contributed by atoms with Gasteiger partial charge >= 0.3 is 0 Å². The number of carbonyl (C=O) groups is 2. The van der Waals surface area contributed by atoms with E-state index in [1.165, 1.54) is 4.90 Å². The Morgan fingerprint density at radius 1 is 1.19 bits per heavy atom. The van der Waals surface area contributed by atoms with Gasteiger partial charge in [-0.3, -0.25) is 14.6 Å². The summed E-state index contributed by atoms with van der Waals surface area (Å²) in [5.74, 6) is -0.782. The number of Topliss-reactive ketones (excluding diaryl/α,β-unsaturated/α-hetero) is 1. The highest BCUT2D eigenvalue weighted by molar-refractivity contribution is 6.46. The molecule has 31 heavy (non-hydrogen) atoms. The highest BCUT2D eigenvalue weighted by atomic mass is 16.5. The summed E-state index contributed by atoms with van der Waals surface area (Å²) in [7, 11) is 3.92. The molecule has 1 amide bonds. The molecule has 164 valence electrons. The van der Waals surface area contributed by atoms with Gasteiger partial charge in [0, 0.05) is 24.5 Å². The number of ketones is 1. The van der Waals surface area contributed by atoms with E-state index in [9.17, 15) is 14.7 Å². The topological polar surface area (TPSA) is 83.0 Å². The number of carbonyl (C=O) groups excluding carboxylic acids is 2. The van der Waals surface area contributed by atoms with Crippen LogP contribution in [0.2, 0.25) is 0 Å². The molecule has 1 saturated heterocycles. The van der Waals surface area contributed by atoms with Gasteiger partial charge in [0.1, 0.15) is 11.5 Å². The first-order valence-corrected chi connectivity index (χ1v) is 10.5. The maximum atomic E-state index is 13.0. The molecular formula is C24H29N3O4. The number of ether oxygens (including phenoxy) is 1. The predicted octanol–water partition coefficient (Wildman–Crippen LogP) is 3.24. The van der Waals surface area contributed by atoms with Crippen molar-refractivity contribution < 1.29 is 19.4 Å². The first kappa shape index (κ1) is 22.5. The Kier molecular flexibility index (Phi) is 7.41. The molecule has 2 heterocycles. The number of likely N-dealkylation sites (tertiary alicyclic amines) is 1. The third kappa shape index (κ3) is 5.11. The molecule has 0 bridgehead atoms. The fourth-order valence-electron chi connectivity index (χ4n) is 3.64. The minimum atomic E-state index is -0.678. The number of nitrogens with zero attached hydrogens (tertiary/aromatic N) is 3. The summed E-state index contributed by atoms with van der Waals surface area (Å²) in [6.45, 7) is 3.81. The van der Waals surface area contributed by atoms with E-state index in [1.54, 1.807) is 42.7 Å². The summed E-state index contributed by atoms with van der Waals surface area (Å²) in [4.78, 5) is 33.5. The van der Waals surface area contributed by atoms with Crippen LogP contribution in [0, 0.1) is 0 Å². The Labute approximate surface area is 183 Å². The minimum absolute atomic E-state index is 0.0880. The third-order valence-corrected chi connectivity index (χ3v) is 5.15. The van der Waals surface area contributed by atoms with Crippen molar-refractivity contribution in [3.05, 3.63) is 65.5 Å². The zero-order chi connectivity index (χ0) is 22.4. The van der Waals surface area contributed by atoms with Gasteiger partial charge in [0.25, 0.3) is 11.7 Å². The number of aliphatic hydroxyl groups excluding tert-OH is 1. The Hall–Kier alpha value is -3.19. The van der Waals surface area contributed by atoms with Crippen LogP contribution in [0.5, 0.6) is 5.75 Å². The van der Waals surface area contributed by atoms with Crippen LogP contribution in [0.15, 0.2) is 54.4 Å². The molecule has 0 unspecified atom stereocenters. The molecule has 0 spiro atoms. The van der Waals surface area contributed by atoms with Gasteiger partial charge in [0.05, 0.1) is 18.2 Å².